The van der Waals surface area contributed by atoms with Crippen molar-refractivity contribution in [2.75, 3.05) is 19.5 Å². The molecule has 1 saturated heterocycles. The van der Waals surface area contributed by atoms with Crippen molar-refractivity contribution in [3.63, 3.8) is 0 Å². The molecule has 1 aliphatic heterocycles. The van der Waals surface area contributed by atoms with Crippen molar-refractivity contribution >= 4 is 17.3 Å². The molecule has 0 spiro atoms. The molecule has 4 aliphatic carbocycles. The van der Waals surface area contributed by atoms with E-state index in [4.69, 9.17) is 24.7 Å². The highest BCUT2D eigenvalue weighted by Crippen LogP contribution is 2.70. The zero-order valence-electron chi connectivity index (χ0n) is 26.2. The van der Waals surface area contributed by atoms with Crippen molar-refractivity contribution in [2.24, 2.45) is 28.6 Å². The molecule has 1 heterocycles. The SMILES string of the molecule is COc1c(OCc2cccc(N)c2)ccc(F)c1[C@H]1O[C@@H]2CC3[C@@H]4CCC5=CC(=O)C=C[C@]5(C)C4[C@@H](O)C[C@]3(C)[C@]2(C(=O)CO)O1. The Morgan fingerprint density at radius 1 is 1.22 bits per heavy atom. The van der Waals surface area contributed by atoms with Gasteiger partial charge in [0.15, 0.2) is 35.0 Å². The number of Topliss-reactive ketones (excluding diaryl/α,β-unsaturated/α-hetero) is 1. The number of anilines is 1. The Bertz CT molecular complexity index is 1660. The summed E-state index contributed by atoms with van der Waals surface area (Å²) in [6.45, 7) is 3.36. The van der Waals surface area contributed by atoms with Crippen LogP contribution in [0, 0.1) is 34.4 Å². The highest BCUT2D eigenvalue weighted by molar-refractivity contribution is 6.01. The van der Waals surface area contributed by atoms with Crippen LogP contribution in [0.1, 0.15) is 56.9 Å². The van der Waals surface area contributed by atoms with Gasteiger partial charge in [-0.1, -0.05) is 37.6 Å². The molecule has 0 radical (unpaired) electrons. The van der Waals surface area contributed by atoms with Crippen molar-refractivity contribution in [1.29, 1.82) is 0 Å². The minimum Gasteiger partial charge on any atom is -0.492 e. The van der Waals surface area contributed by atoms with Crippen molar-refractivity contribution in [3.8, 4) is 11.5 Å². The van der Waals surface area contributed by atoms with Gasteiger partial charge >= 0.3 is 0 Å². The van der Waals surface area contributed by atoms with E-state index in [1.807, 2.05) is 25.1 Å². The van der Waals surface area contributed by atoms with E-state index in [0.29, 0.717) is 18.5 Å². The first-order chi connectivity index (χ1) is 22.0. The number of allylic oxidation sites excluding steroid dienone is 4. The second-order valence-corrected chi connectivity index (χ2v) is 13.9. The lowest BCUT2D eigenvalue weighted by atomic mass is 9.46. The third kappa shape index (κ3) is 4.33. The van der Waals surface area contributed by atoms with Gasteiger partial charge in [-0.3, -0.25) is 9.59 Å². The number of carbonyl (C=O) groups is 2. The first kappa shape index (κ1) is 31.1. The van der Waals surface area contributed by atoms with Gasteiger partial charge in [0, 0.05) is 22.4 Å². The maximum Gasteiger partial charge on any atom is 0.193 e. The lowest BCUT2D eigenvalue weighted by molar-refractivity contribution is -0.201. The van der Waals surface area contributed by atoms with E-state index in [1.165, 1.54) is 19.2 Å². The molecule has 2 aromatic rings. The van der Waals surface area contributed by atoms with Crippen LogP contribution in [0.5, 0.6) is 11.5 Å². The van der Waals surface area contributed by atoms with Gasteiger partial charge in [-0.05, 0) is 79.5 Å². The van der Waals surface area contributed by atoms with E-state index in [0.717, 1.165) is 17.6 Å². The Morgan fingerprint density at radius 2 is 2.02 bits per heavy atom. The predicted octanol–water partition coefficient (Wildman–Crippen LogP) is 4.60. The Kier molecular flexibility index (Phi) is 7.43. The lowest BCUT2D eigenvalue weighted by Crippen LogP contribution is -2.63. The van der Waals surface area contributed by atoms with E-state index in [-0.39, 0.29) is 53.6 Å². The summed E-state index contributed by atoms with van der Waals surface area (Å²) < 4.78 is 40.4. The Hall–Kier alpha value is -3.57. The largest absolute Gasteiger partial charge is 0.492 e. The quantitative estimate of drug-likeness (QED) is 0.374. The average molecular weight is 634 g/mol. The van der Waals surface area contributed by atoms with Crippen LogP contribution < -0.4 is 15.2 Å². The smallest absolute Gasteiger partial charge is 0.193 e. The number of aliphatic hydroxyl groups is 2. The number of aliphatic hydroxyl groups excluding tert-OH is 2. The van der Waals surface area contributed by atoms with Gasteiger partial charge in [0.25, 0.3) is 0 Å². The van der Waals surface area contributed by atoms with Crippen LogP contribution in [0.15, 0.2) is 60.2 Å². The number of ketones is 2. The van der Waals surface area contributed by atoms with Crippen LogP contribution in [0.25, 0.3) is 0 Å². The molecular weight excluding hydrogens is 593 g/mol. The van der Waals surface area contributed by atoms with Crippen LogP contribution in [0.2, 0.25) is 0 Å². The third-order valence-corrected chi connectivity index (χ3v) is 11.7. The van der Waals surface area contributed by atoms with E-state index < -0.39 is 53.1 Å². The normalized spacial score (nSPS) is 37.5. The monoisotopic (exact) mass is 633 g/mol. The number of nitrogens with two attached hydrogens (primary N) is 1. The third-order valence-electron chi connectivity index (χ3n) is 11.7. The summed E-state index contributed by atoms with van der Waals surface area (Å²) in [4.78, 5) is 26.1. The minimum absolute atomic E-state index is 0.00314. The second-order valence-electron chi connectivity index (χ2n) is 13.9. The number of fused-ring (bicyclic) bond motifs is 7. The zero-order valence-corrected chi connectivity index (χ0v) is 26.2. The molecule has 9 atom stereocenters. The van der Waals surface area contributed by atoms with Gasteiger partial charge in [0.05, 0.1) is 24.9 Å². The molecule has 4 N–H and O–H groups in total. The number of nitrogen functional groups attached to an aromatic ring is 1. The summed E-state index contributed by atoms with van der Waals surface area (Å²) in [7, 11) is 1.39. The van der Waals surface area contributed by atoms with Crippen LogP contribution >= 0.6 is 0 Å². The fourth-order valence-corrected chi connectivity index (χ4v) is 9.76. The molecule has 7 rings (SSSR count). The van der Waals surface area contributed by atoms with E-state index in [9.17, 15) is 19.8 Å². The van der Waals surface area contributed by atoms with Crippen LogP contribution in [0.4, 0.5) is 10.1 Å². The number of hydrogen-bond donors (Lipinski definition) is 3. The highest BCUT2D eigenvalue weighted by Gasteiger charge is 2.76. The van der Waals surface area contributed by atoms with E-state index >= 15 is 4.39 Å². The molecule has 10 heteroatoms. The molecule has 2 unspecified atom stereocenters. The standard InChI is InChI=1S/C36H40FNO8/c1-34-12-11-22(40)14-20(34)7-8-23-24-15-29-36(28(42)17-39,35(24,2)16-26(41)31(23)34)46-33(45-29)30-25(37)9-10-27(32(30)43-3)44-18-19-5-4-6-21(38)13-19/h4-6,9-14,23-24,26,29,31,33,39,41H,7-8,15-18,38H2,1-3H3/t23-,24?,26-,29+,31?,33-,34-,35-,36+/m0/s1. The van der Waals surface area contributed by atoms with Gasteiger partial charge in [-0.15, -0.1) is 0 Å². The van der Waals surface area contributed by atoms with Gasteiger partial charge in [-0.2, -0.15) is 0 Å². The maximum atomic E-state index is 15.7. The zero-order chi connectivity index (χ0) is 32.6. The molecule has 0 aromatic heterocycles. The summed E-state index contributed by atoms with van der Waals surface area (Å²) in [5, 5.41) is 22.2. The summed E-state index contributed by atoms with van der Waals surface area (Å²) in [5.41, 5.74) is 5.23. The molecule has 46 heavy (non-hydrogen) atoms. The molecule has 9 nitrogen and oxygen atoms in total. The van der Waals surface area contributed by atoms with E-state index in [2.05, 4.69) is 6.92 Å². The molecule has 2 aromatic carbocycles. The molecular formula is C36H40FNO8. The number of rotatable bonds is 7. The summed E-state index contributed by atoms with van der Waals surface area (Å²) in [6, 6.07) is 9.92. The topological polar surface area (TPSA) is 138 Å². The second kappa shape index (κ2) is 11.0. The summed E-state index contributed by atoms with van der Waals surface area (Å²) in [6.07, 6.45) is 4.34. The van der Waals surface area contributed by atoms with Crippen LogP contribution in [-0.4, -0.2) is 53.3 Å². The molecule has 3 saturated carbocycles. The van der Waals surface area contributed by atoms with Gasteiger partial charge < -0.3 is 34.9 Å². The number of ether oxygens (including phenoxy) is 4. The van der Waals surface area contributed by atoms with Gasteiger partial charge in [0.1, 0.15) is 19.0 Å². The fraction of sp³-hybridized carbons (Fsp3) is 0.500. The fourth-order valence-electron chi connectivity index (χ4n) is 9.76. The van der Waals surface area contributed by atoms with Crippen molar-refractivity contribution in [3.05, 3.63) is 77.1 Å². The number of halogens is 1. The number of hydrogen-bond acceptors (Lipinski definition) is 9. The van der Waals surface area contributed by atoms with Gasteiger partial charge in [-0.25, -0.2) is 4.39 Å². The number of carbonyl (C=O) groups excluding carboxylic acids is 2. The first-order valence-electron chi connectivity index (χ1n) is 15.9. The number of benzene rings is 2. The Morgan fingerprint density at radius 3 is 2.76 bits per heavy atom. The number of methoxy groups -OCH3 is 1. The Balaban J connectivity index is 1.23. The molecule has 0 amide bonds. The average Bonchev–Trinajstić information content (AvgIpc) is 3.52. The van der Waals surface area contributed by atoms with Crippen molar-refractivity contribution in [2.45, 2.75) is 70.2 Å². The van der Waals surface area contributed by atoms with Crippen LogP contribution in [-0.2, 0) is 25.7 Å². The molecule has 5 aliphatic rings. The Labute approximate surface area is 267 Å². The first-order valence-corrected chi connectivity index (χ1v) is 15.9. The van der Waals surface area contributed by atoms with Crippen molar-refractivity contribution < 1.29 is 43.1 Å². The highest BCUT2D eigenvalue weighted by atomic mass is 19.1. The van der Waals surface area contributed by atoms with Crippen LogP contribution in [0.3, 0.4) is 0 Å². The summed E-state index contributed by atoms with van der Waals surface area (Å²) >= 11 is 0. The summed E-state index contributed by atoms with van der Waals surface area (Å²) in [5.74, 6) is -1.19. The lowest BCUT2D eigenvalue weighted by Gasteiger charge is -2.59. The maximum absolute atomic E-state index is 15.7. The van der Waals surface area contributed by atoms with E-state index in [1.54, 1.807) is 24.3 Å². The molecule has 244 valence electrons. The molecule has 0 bridgehead atoms. The van der Waals surface area contributed by atoms with Crippen molar-refractivity contribution in [1.82, 2.24) is 0 Å². The predicted molar refractivity (Wildman–Crippen MR) is 165 cm³/mol. The molecule has 4 fully saturated rings. The minimum atomic E-state index is -1.63. The van der Waals surface area contributed by atoms with Gasteiger partial charge in [0.2, 0.25) is 0 Å².